The zero-order chi connectivity index (χ0) is 18.5. The molecule has 0 saturated heterocycles. The Labute approximate surface area is 163 Å². The summed E-state index contributed by atoms with van der Waals surface area (Å²) >= 11 is 1.83. The molecule has 2 aliphatic carbocycles. The maximum absolute atomic E-state index is 13.2. The van der Waals surface area contributed by atoms with E-state index in [1.165, 1.54) is 28.7 Å². The molecule has 3 nitrogen and oxygen atoms in total. The standard InChI is InChI=1S/C23H23NO2S/c1-13-19(22(25)15-7-8-15)20(14-9-11-16(26-2)12-10-14)21-17-5-3-4-6-18(17)27-23(21)24-13/h9-12,15H,3-8H2,1-2H3. The van der Waals surface area contributed by atoms with E-state index in [1.807, 2.05) is 30.4 Å². The summed E-state index contributed by atoms with van der Waals surface area (Å²) in [6.45, 7) is 2.00. The highest BCUT2D eigenvalue weighted by Gasteiger charge is 2.35. The van der Waals surface area contributed by atoms with Crippen molar-refractivity contribution in [1.82, 2.24) is 4.98 Å². The van der Waals surface area contributed by atoms with Crippen molar-refractivity contribution < 1.29 is 9.53 Å². The lowest BCUT2D eigenvalue weighted by atomic mass is 9.88. The van der Waals surface area contributed by atoms with Crippen LogP contribution in [0.15, 0.2) is 24.3 Å². The van der Waals surface area contributed by atoms with Gasteiger partial charge < -0.3 is 4.74 Å². The van der Waals surface area contributed by atoms with Gasteiger partial charge in [-0.05, 0) is 68.7 Å². The van der Waals surface area contributed by atoms with Crippen LogP contribution in [-0.2, 0) is 12.8 Å². The first kappa shape index (κ1) is 16.9. The van der Waals surface area contributed by atoms with Crippen molar-refractivity contribution in [2.45, 2.75) is 45.4 Å². The molecule has 1 saturated carbocycles. The number of rotatable bonds is 4. The molecule has 0 radical (unpaired) electrons. The SMILES string of the molecule is COc1ccc(-c2c(C(=O)C3CC3)c(C)nc3sc4c(c23)CCCC4)cc1. The molecule has 2 aliphatic rings. The number of carbonyl (C=O) groups excluding carboxylic acids is 1. The molecule has 0 spiro atoms. The number of methoxy groups -OCH3 is 1. The third-order valence-electron chi connectivity index (χ3n) is 5.86. The van der Waals surface area contributed by atoms with Gasteiger partial charge in [0.2, 0.25) is 0 Å². The Morgan fingerprint density at radius 2 is 1.89 bits per heavy atom. The molecule has 4 heteroatoms. The fourth-order valence-corrected chi connectivity index (χ4v) is 5.62. The topological polar surface area (TPSA) is 39.2 Å². The van der Waals surface area contributed by atoms with Gasteiger partial charge in [0.05, 0.1) is 12.8 Å². The first-order valence-electron chi connectivity index (χ1n) is 9.81. The van der Waals surface area contributed by atoms with Crippen molar-refractivity contribution in [3.63, 3.8) is 0 Å². The van der Waals surface area contributed by atoms with Gasteiger partial charge in [-0.25, -0.2) is 4.98 Å². The molecule has 0 unspecified atom stereocenters. The second-order valence-electron chi connectivity index (χ2n) is 7.71. The molecular formula is C23H23NO2S. The molecule has 1 fully saturated rings. The Morgan fingerprint density at radius 1 is 1.15 bits per heavy atom. The quantitative estimate of drug-likeness (QED) is 0.543. The van der Waals surface area contributed by atoms with E-state index in [4.69, 9.17) is 9.72 Å². The average Bonchev–Trinajstić information content (AvgIpc) is 3.48. The lowest BCUT2D eigenvalue weighted by molar-refractivity contribution is 0.0967. The number of Topliss-reactive ketones (excluding diaryl/α,β-unsaturated/α-hetero) is 1. The molecule has 2 heterocycles. The summed E-state index contributed by atoms with van der Waals surface area (Å²) in [6, 6.07) is 8.15. The van der Waals surface area contributed by atoms with Crippen LogP contribution < -0.4 is 4.74 Å². The summed E-state index contributed by atoms with van der Waals surface area (Å²) in [6.07, 6.45) is 6.75. The molecule has 0 bridgehead atoms. The third kappa shape index (κ3) is 2.78. The Morgan fingerprint density at radius 3 is 2.59 bits per heavy atom. The van der Waals surface area contributed by atoms with E-state index in [1.54, 1.807) is 7.11 Å². The summed E-state index contributed by atoms with van der Waals surface area (Å²) in [5.74, 6) is 1.31. The number of pyridine rings is 1. The van der Waals surface area contributed by atoms with Crippen molar-refractivity contribution in [3.05, 3.63) is 46.0 Å². The summed E-state index contributed by atoms with van der Waals surface area (Å²) in [7, 11) is 1.68. The molecular weight excluding hydrogens is 354 g/mol. The fraction of sp³-hybridized carbons (Fsp3) is 0.391. The van der Waals surface area contributed by atoms with Crippen molar-refractivity contribution in [1.29, 1.82) is 0 Å². The smallest absolute Gasteiger partial charge is 0.168 e. The van der Waals surface area contributed by atoms with Crippen LogP contribution in [-0.4, -0.2) is 17.9 Å². The number of aryl methyl sites for hydroxylation is 3. The number of thiophene rings is 1. The van der Waals surface area contributed by atoms with E-state index < -0.39 is 0 Å². The molecule has 2 aromatic heterocycles. The second kappa shape index (κ2) is 6.45. The highest BCUT2D eigenvalue weighted by atomic mass is 32.1. The van der Waals surface area contributed by atoms with Crippen molar-refractivity contribution in [2.24, 2.45) is 5.92 Å². The maximum atomic E-state index is 13.2. The number of aromatic nitrogens is 1. The lowest BCUT2D eigenvalue weighted by Crippen LogP contribution is -2.09. The van der Waals surface area contributed by atoms with Crippen LogP contribution in [0, 0.1) is 12.8 Å². The van der Waals surface area contributed by atoms with Crippen molar-refractivity contribution >= 4 is 27.3 Å². The van der Waals surface area contributed by atoms with Crippen LogP contribution in [0.25, 0.3) is 21.3 Å². The number of ether oxygens (including phenoxy) is 1. The van der Waals surface area contributed by atoms with Crippen molar-refractivity contribution in [3.8, 4) is 16.9 Å². The molecule has 0 N–H and O–H groups in total. The number of benzene rings is 1. The van der Waals surface area contributed by atoms with E-state index in [0.717, 1.165) is 58.6 Å². The molecule has 0 amide bonds. The van der Waals surface area contributed by atoms with Crippen LogP contribution >= 0.6 is 11.3 Å². The van der Waals surface area contributed by atoms with Gasteiger partial charge in [-0.15, -0.1) is 11.3 Å². The van der Waals surface area contributed by atoms with E-state index in [0.29, 0.717) is 0 Å². The van der Waals surface area contributed by atoms with Gasteiger partial charge in [0.25, 0.3) is 0 Å². The Kier molecular flexibility index (Phi) is 4.05. The molecule has 0 aliphatic heterocycles. The van der Waals surface area contributed by atoms with Gasteiger partial charge in [-0.2, -0.15) is 0 Å². The second-order valence-corrected chi connectivity index (χ2v) is 8.79. The number of ketones is 1. The van der Waals surface area contributed by atoms with Gasteiger partial charge in [-0.3, -0.25) is 4.79 Å². The number of fused-ring (bicyclic) bond motifs is 3. The first-order chi connectivity index (χ1) is 13.2. The summed E-state index contributed by atoms with van der Waals surface area (Å²) in [5, 5.41) is 1.23. The predicted molar refractivity (Wildman–Crippen MR) is 110 cm³/mol. The number of hydrogen-bond acceptors (Lipinski definition) is 4. The molecule has 138 valence electrons. The van der Waals surface area contributed by atoms with Crippen LogP contribution in [0.1, 0.15) is 52.2 Å². The highest BCUT2D eigenvalue weighted by molar-refractivity contribution is 7.19. The fourth-order valence-electron chi connectivity index (χ4n) is 4.30. The van der Waals surface area contributed by atoms with E-state index in [2.05, 4.69) is 12.1 Å². The third-order valence-corrected chi connectivity index (χ3v) is 7.04. The monoisotopic (exact) mass is 377 g/mol. The van der Waals surface area contributed by atoms with E-state index in [-0.39, 0.29) is 11.7 Å². The molecule has 1 aromatic carbocycles. The van der Waals surface area contributed by atoms with Crippen molar-refractivity contribution in [2.75, 3.05) is 7.11 Å². The number of hydrogen-bond donors (Lipinski definition) is 0. The number of carbonyl (C=O) groups is 1. The number of nitrogens with zero attached hydrogens (tertiary/aromatic N) is 1. The minimum atomic E-state index is 0.189. The molecule has 5 rings (SSSR count). The zero-order valence-electron chi connectivity index (χ0n) is 15.8. The molecule has 0 atom stereocenters. The van der Waals surface area contributed by atoms with Gasteiger partial charge >= 0.3 is 0 Å². The Hall–Kier alpha value is -2.20. The highest BCUT2D eigenvalue weighted by Crippen LogP contribution is 2.45. The average molecular weight is 378 g/mol. The molecule has 3 aromatic rings. The van der Waals surface area contributed by atoms with Gasteiger partial charge in [0.15, 0.2) is 5.78 Å². The summed E-state index contributed by atoms with van der Waals surface area (Å²) < 4.78 is 5.34. The van der Waals surface area contributed by atoms with Crippen LogP contribution in [0.2, 0.25) is 0 Å². The minimum Gasteiger partial charge on any atom is -0.497 e. The lowest BCUT2D eigenvalue weighted by Gasteiger charge is -2.16. The Bertz CT molecular complexity index is 1040. The summed E-state index contributed by atoms with van der Waals surface area (Å²) in [4.78, 5) is 20.7. The first-order valence-corrected chi connectivity index (χ1v) is 10.6. The largest absolute Gasteiger partial charge is 0.497 e. The maximum Gasteiger partial charge on any atom is 0.168 e. The predicted octanol–water partition coefficient (Wildman–Crippen LogP) is 5.75. The van der Waals surface area contributed by atoms with E-state index in [9.17, 15) is 4.79 Å². The van der Waals surface area contributed by atoms with Crippen LogP contribution in [0.3, 0.4) is 0 Å². The summed E-state index contributed by atoms with van der Waals surface area (Å²) in [5.41, 5.74) is 5.37. The normalized spacial score (nSPS) is 16.4. The van der Waals surface area contributed by atoms with Crippen LogP contribution in [0.4, 0.5) is 0 Å². The Balaban J connectivity index is 1.83. The zero-order valence-corrected chi connectivity index (χ0v) is 16.6. The van der Waals surface area contributed by atoms with Crippen LogP contribution in [0.5, 0.6) is 5.75 Å². The minimum absolute atomic E-state index is 0.189. The van der Waals surface area contributed by atoms with Gasteiger partial charge in [0, 0.05) is 27.3 Å². The van der Waals surface area contributed by atoms with E-state index >= 15 is 0 Å². The van der Waals surface area contributed by atoms with Gasteiger partial charge in [0.1, 0.15) is 10.6 Å². The van der Waals surface area contributed by atoms with Gasteiger partial charge in [-0.1, -0.05) is 12.1 Å². The molecule has 27 heavy (non-hydrogen) atoms.